The molecule has 0 atom stereocenters. The molecule has 0 saturated carbocycles. The van der Waals surface area contributed by atoms with Gasteiger partial charge >= 0.3 is 0 Å². The first-order chi connectivity index (χ1) is 12.6. The van der Waals surface area contributed by atoms with Gasteiger partial charge in [-0.3, -0.25) is 0 Å². The highest BCUT2D eigenvalue weighted by atomic mass is 79.9. The highest BCUT2D eigenvalue weighted by Gasteiger charge is 2.05. The van der Waals surface area contributed by atoms with E-state index in [-0.39, 0.29) is 0 Å². The van der Waals surface area contributed by atoms with Crippen molar-refractivity contribution in [3.63, 3.8) is 0 Å². The van der Waals surface area contributed by atoms with Crippen molar-refractivity contribution in [1.29, 1.82) is 0 Å². The van der Waals surface area contributed by atoms with Gasteiger partial charge in [0.15, 0.2) is 0 Å². The molecule has 3 aromatic rings. The van der Waals surface area contributed by atoms with Gasteiger partial charge in [-0.1, -0.05) is 91.5 Å². The smallest absolute Gasteiger partial charge is 0.0991 e. The molecular formula is C23H19BrN2. The molecule has 0 amide bonds. The summed E-state index contributed by atoms with van der Waals surface area (Å²) in [5, 5.41) is 0. The van der Waals surface area contributed by atoms with Gasteiger partial charge in [-0.05, 0) is 38.7 Å². The van der Waals surface area contributed by atoms with Gasteiger partial charge in [0.2, 0.25) is 0 Å². The summed E-state index contributed by atoms with van der Waals surface area (Å²) in [6, 6.07) is 28.4. The van der Waals surface area contributed by atoms with Crippen molar-refractivity contribution in [1.82, 2.24) is 0 Å². The lowest BCUT2D eigenvalue weighted by atomic mass is 10.0. The van der Waals surface area contributed by atoms with Gasteiger partial charge in [-0.15, -0.1) is 0 Å². The fourth-order valence-corrected chi connectivity index (χ4v) is 2.83. The second kappa shape index (κ2) is 8.45. The predicted molar refractivity (Wildman–Crippen MR) is 115 cm³/mol. The summed E-state index contributed by atoms with van der Waals surface area (Å²) < 4.78 is 0.553. The number of halogens is 1. The van der Waals surface area contributed by atoms with Gasteiger partial charge in [0.05, 0.1) is 10.3 Å². The third-order valence-corrected chi connectivity index (χ3v) is 4.11. The summed E-state index contributed by atoms with van der Waals surface area (Å²) in [6.45, 7) is 3.82. The van der Waals surface area contributed by atoms with E-state index in [4.69, 9.17) is 5.73 Å². The average molecular weight is 403 g/mol. The Balaban J connectivity index is 1.95. The number of aliphatic imine (C=N–C) groups is 1. The molecule has 0 fully saturated rings. The molecule has 0 aliphatic rings. The van der Waals surface area contributed by atoms with Crippen LogP contribution in [0.15, 0.2) is 107 Å². The van der Waals surface area contributed by atoms with Crippen molar-refractivity contribution in [2.75, 3.05) is 0 Å². The van der Waals surface area contributed by atoms with Crippen molar-refractivity contribution in [2.24, 2.45) is 10.7 Å². The first-order valence-electron chi connectivity index (χ1n) is 8.25. The van der Waals surface area contributed by atoms with Crippen LogP contribution in [0.2, 0.25) is 0 Å². The molecule has 128 valence electrons. The Morgan fingerprint density at radius 3 is 1.88 bits per heavy atom. The molecule has 0 aliphatic heterocycles. The SMILES string of the molecule is C=C(Br)/N=C(\C=C(/N)c1ccccc1)c1ccc(-c2ccccc2)cc1. The largest absolute Gasteiger partial charge is 0.398 e. The number of benzene rings is 3. The van der Waals surface area contributed by atoms with Crippen LogP contribution in [0, 0.1) is 0 Å². The van der Waals surface area contributed by atoms with Crippen molar-refractivity contribution in [2.45, 2.75) is 0 Å². The molecule has 0 unspecified atom stereocenters. The van der Waals surface area contributed by atoms with Gasteiger partial charge in [-0.2, -0.15) is 0 Å². The second-order valence-corrected chi connectivity index (χ2v) is 6.70. The quantitative estimate of drug-likeness (QED) is 0.411. The zero-order valence-corrected chi connectivity index (χ0v) is 15.9. The van der Waals surface area contributed by atoms with E-state index in [2.05, 4.69) is 51.8 Å². The zero-order chi connectivity index (χ0) is 18.4. The molecular weight excluding hydrogens is 384 g/mol. The molecule has 0 aliphatic carbocycles. The lowest BCUT2D eigenvalue weighted by Gasteiger charge is -2.07. The van der Waals surface area contributed by atoms with Gasteiger partial charge in [-0.25, -0.2) is 4.99 Å². The maximum atomic E-state index is 6.27. The van der Waals surface area contributed by atoms with Crippen molar-refractivity contribution in [3.8, 4) is 11.1 Å². The van der Waals surface area contributed by atoms with Crippen LogP contribution in [0.5, 0.6) is 0 Å². The minimum Gasteiger partial charge on any atom is -0.398 e. The molecule has 0 spiro atoms. The third kappa shape index (κ3) is 4.58. The molecule has 2 N–H and O–H groups in total. The Kier molecular flexibility index (Phi) is 5.82. The normalized spacial score (nSPS) is 12.0. The Morgan fingerprint density at radius 2 is 1.31 bits per heavy atom. The summed E-state index contributed by atoms with van der Waals surface area (Å²) in [5.74, 6) is 0. The molecule has 0 heterocycles. The van der Waals surface area contributed by atoms with Gasteiger partial charge in [0.1, 0.15) is 0 Å². The lowest BCUT2D eigenvalue weighted by molar-refractivity contribution is 1.49. The number of rotatable bonds is 5. The van der Waals surface area contributed by atoms with Crippen molar-refractivity contribution in [3.05, 3.63) is 113 Å². The number of hydrogen-bond donors (Lipinski definition) is 1. The van der Waals surface area contributed by atoms with E-state index < -0.39 is 0 Å². The molecule has 0 radical (unpaired) electrons. The number of allylic oxidation sites excluding steroid dienone is 1. The summed E-state index contributed by atoms with van der Waals surface area (Å²) in [5.41, 5.74) is 12.0. The molecule has 3 rings (SSSR count). The molecule has 26 heavy (non-hydrogen) atoms. The molecule has 0 bridgehead atoms. The zero-order valence-electron chi connectivity index (χ0n) is 14.3. The summed E-state index contributed by atoms with van der Waals surface area (Å²) in [6.07, 6.45) is 1.87. The van der Waals surface area contributed by atoms with Crippen LogP contribution in [-0.2, 0) is 0 Å². The summed E-state index contributed by atoms with van der Waals surface area (Å²) in [4.78, 5) is 4.50. The van der Waals surface area contributed by atoms with Crippen LogP contribution in [-0.4, -0.2) is 5.71 Å². The molecule has 3 heteroatoms. The first-order valence-corrected chi connectivity index (χ1v) is 9.04. The third-order valence-electron chi connectivity index (χ3n) is 3.93. The molecule has 0 saturated heterocycles. The summed E-state index contributed by atoms with van der Waals surface area (Å²) in [7, 11) is 0. The predicted octanol–water partition coefficient (Wildman–Crippen LogP) is 6.01. The summed E-state index contributed by atoms with van der Waals surface area (Å²) >= 11 is 3.32. The molecule has 3 aromatic carbocycles. The number of hydrogen-bond acceptors (Lipinski definition) is 2. The fraction of sp³-hybridized carbons (Fsp3) is 0. The van der Waals surface area contributed by atoms with Crippen molar-refractivity contribution >= 4 is 27.3 Å². The van der Waals surface area contributed by atoms with Gasteiger partial charge < -0.3 is 5.73 Å². The van der Waals surface area contributed by atoms with Crippen LogP contribution >= 0.6 is 15.9 Å². The standard InChI is InChI=1S/C23H19BrN2/c1-17(24)26-23(16-22(25)20-10-6-3-7-11-20)21-14-12-19(13-15-21)18-8-4-2-5-9-18/h2-16H,1,25H2/b22-16-,26-23+. The Morgan fingerprint density at radius 1 is 0.769 bits per heavy atom. The van der Waals surface area contributed by atoms with Crippen LogP contribution in [0.1, 0.15) is 11.1 Å². The number of nitrogens with zero attached hydrogens (tertiary/aromatic N) is 1. The first kappa shape index (κ1) is 17.9. The maximum absolute atomic E-state index is 6.27. The van der Waals surface area contributed by atoms with Crippen LogP contribution < -0.4 is 5.73 Å². The highest BCUT2D eigenvalue weighted by Crippen LogP contribution is 2.21. The van der Waals surface area contributed by atoms with Crippen LogP contribution in [0.25, 0.3) is 16.8 Å². The molecule has 0 aromatic heterocycles. The van der Waals surface area contributed by atoms with E-state index in [0.717, 1.165) is 22.4 Å². The monoisotopic (exact) mass is 402 g/mol. The Bertz CT molecular complexity index is 941. The van der Waals surface area contributed by atoms with E-state index in [1.165, 1.54) is 5.56 Å². The van der Waals surface area contributed by atoms with E-state index in [1.54, 1.807) is 0 Å². The van der Waals surface area contributed by atoms with Gasteiger partial charge in [0, 0.05) is 11.3 Å². The average Bonchev–Trinajstić information content (AvgIpc) is 2.68. The van der Waals surface area contributed by atoms with E-state index >= 15 is 0 Å². The topological polar surface area (TPSA) is 38.4 Å². The second-order valence-electron chi connectivity index (χ2n) is 5.78. The highest BCUT2D eigenvalue weighted by molar-refractivity contribution is 9.11. The maximum Gasteiger partial charge on any atom is 0.0991 e. The van der Waals surface area contributed by atoms with Crippen LogP contribution in [0.4, 0.5) is 0 Å². The van der Waals surface area contributed by atoms with E-state index in [9.17, 15) is 0 Å². The Hall–Kier alpha value is -2.91. The fourth-order valence-electron chi connectivity index (χ4n) is 2.64. The molecule has 2 nitrogen and oxygen atoms in total. The van der Waals surface area contributed by atoms with E-state index in [0.29, 0.717) is 10.3 Å². The lowest BCUT2D eigenvalue weighted by Crippen LogP contribution is -2.03. The van der Waals surface area contributed by atoms with Crippen molar-refractivity contribution < 1.29 is 0 Å². The Labute approximate surface area is 162 Å². The van der Waals surface area contributed by atoms with Crippen LogP contribution in [0.3, 0.4) is 0 Å². The van der Waals surface area contributed by atoms with Gasteiger partial charge in [0.25, 0.3) is 0 Å². The minimum absolute atomic E-state index is 0.553. The van der Waals surface area contributed by atoms with E-state index in [1.807, 2.05) is 66.7 Å². The number of nitrogens with two attached hydrogens (primary N) is 1. The minimum atomic E-state index is 0.553.